The van der Waals surface area contributed by atoms with Gasteiger partial charge in [-0.2, -0.15) is 0 Å². The Morgan fingerprint density at radius 3 is 2.63 bits per heavy atom. The SMILES string of the molecule is CC1CC(C)C(S(=O)c2ccc(F)c(Cl)c2)C(N)C1. The molecular formula is C14H19ClFNOS. The molecule has 5 atom stereocenters. The Balaban J connectivity index is 2.25. The van der Waals surface area contributed by atoms with Crippen molar-refractivity contribution in [2.75, 3.05) is 0 Å². The van der Waals surface area contributed by atoms with Gasteiger partial charge in [0, 0.05) is 10.9 Å². The summed E-state index contributed by atoms with van der Waals surface area (Å²) in [5.41, 5.74) is 6.17. The van der Waals surface area contributed by atoms with Crippen LogP contribution < -0.4 is 5.73 Å². The van der Waals surface area contributed by atoms with Gasteiger partial charge in [0.25, 0.3) is 0 Å². The predicted octanol–water partition coefficient (Wildman–Crippen LogP) is 3.35. The fraction of sp³-hybridized carbons (Fsp3) is 0.571. The number of rotatable bonds is 2. The second kappa shape index (κ2) is 5.90. The molecule has 0 amide bonds. The first-order valence-electron chi connectivity index (χ1n) is 6.51. The molecule has 1 aliphatic rings. The highest BCUT2D eigenvalue weighted by atomic mass is 35.5. The van der Waals surface area contributed by atoms with Gasteiger partial charge in [0.05, 0.1) is 21.1 Å². The molecule has 19 heavy (non-hydrogen) atoms. The zero-order valence-electron chi connectivity index (χ0n) is 11.1. The highest BCUT2D eigenvalue weighted by Crippen LogP contribution is 2.34. The van der Waals surface area contributed by atoms with E-state index in [2.05, 4.69) is 13.8 Å². The van der Waals surface area contributed by atoms with Crippen LogP contribution in [0.1, 0.15) is 26.7 Å². The van der Waals surface area contributed by atoms with E-state index < -0.39 is 16.6 Å². The van der Waals surface area contributed by atoms with E-state index in [0.717, 1.165) is 12.8 Å². The van der Waals surface area contributed by atoms with Gasteiger partial charge in [-0.1, -0.05) is 25.4 Å². The van der Waals surface area contributed by atoms with Crippen molar-refractivity contribution in [3.05, 3.63) is 29.0 Å². The molecule has 0 bridgehead atoms. The first-order chi connectivity index (χ1) is 8.90. The van der Waals surface area contributed by atoms with Crippen LogP contribution in [0.3, 0.4) is 0 Å². The summed E-state index contributed by atoms with van der Waals surface area (Å²) >= 11 is 5.75. The summed E-state index contributed by atoms with van der Waals surface area (Å²) in [6.07, 6.45) is 1.91. The van der Waals surface area contributed by atoms with Crippen molar-refractivity contribution >= 4 is 22.4 Å². The second-order valence-electron chi connectivity index (χ2n) is 5.56. The number of nitrogens with two attached hydrogens (primary N) is 1. The minimum Gasteiger partial charge on any atom is -0.327 e. The molecule has 1 saturated carbocycles. The van der Waals surface area contributed by atoms with Crippen molar-refractivity contribution in [3.8, 4) is 0 Å². The summed E-state index contributed by atoms with van der Waals surface area (Å²) < 4.78 is 25.8. The third-order valence-corrected chi connectivity index (χ3v) is 6.12. The van der Waals surface area contributed by atoms with Crippen molar-refractivity contribution in [2.24, 2.45) is 17.6 Å². The van der Waals surface area contributed by atoms with Gasteiger partial charge in [-0.25, -0.2) is 4.39 Å². The zero-order valence-corrected chi connectivity index (χ0v) is 12.7. The average Bonchev–Trinajstić information content (AvgIpc) is 2.31. The summed E-state index contributed by atoms with van der Waals surface area (Å²) in [6.45, 7) is 4.26. The van der Waals surface area contributed by atoms with Crippen LogP contribution in [-0.2, 0) is 10.8 Å². The summed E-state index contributed by atoms with van der Waals surface area (Å²) in [4.78, 5) is 0.563. The molecule has 1 fully saturated rings. The Bertz CT molecular complexity index is 484. The van der Waals surface area contributed by atoms with Crippen LogP contribution >= 0.6 is 11.6 Å². The maximum atomic E-state index is 13.2. The second-order valence-corrected chi connectivity index (χ2v) is 7.57. The minimum absolute atomic E-state index is 0.0104. The molecule has 2 rings (SSSR count). The summed E-state index contributed by atoms with van der Waals surface area (Å²) in [5, 5.41) is -0.0750. The maximum absolute atomic E-state index is 13.2. The normalized spacial score (nSPS) is 33.1. The molecule has 0 heterocycles. The van der Waals surface area contributed by atoms with Crippen LogP contribution in [0.4, 0.5) is 4.39 Å². The van der Waals surface area contributed by atoms with Crippen LogP contribution in [-0.4, -0.2) is 15.5 Å². The lowest BCUT2D eigenvalue weighted by Crippen LogP contribution is -2.47. The topological polar surface area (TPSA) is 43.1 Å². The molecule has 0 aliphatic heterocycles. The quantitative estimate of drug-likeness (QED) is 0.910. The van der Waals surface area contributed by atoms with Gasteiger partial charge in [-0.05, 0) is 42.9 Å². The molecule has 106 valence electrons. The molecule has 5 heteroatoms. The minimum atomic E-state index is -1.24. The first-order valence-corrected chi connectivity index (χ1v) is 8.10. The molecule has 1 aliphatic carbocycles. The zero-order chi connectivity index (χ0) is 14.2. The molecule has 0 aromatic heterocycles. The molecule has 5 unspecified atom stereocenters. The molecule has 0 saturated heterocycles. The highest BCUT2D eigenvalue weighted by Gasteiger charge is 2.36. The summed E-state index contributed by atoms with van der Waals surface area (Å²) in [7, 11) is -1.24. The molecule has 1 aromatic rings. The van der Waals surface area contributed by atoms with Gasteiger partial charge in [0.15, 0.2) is 0 Å². The molecule has 2 N–H and O–H groups in total. The third-order valence-electron chi connectivity index (χ3n) is 3.80. The lowest BCUT2D eigenvalue weighted by Gasteiger charge is -2.37. The van der Waals surface area contributed by atoms with Crippen LogP contribution in [0.15, 0.2) is 23.1 Å². The fourth-order valence-corrected chi connectivity index (χ4v) is 4.97. The van der Waals surface area contributed by atoms with Crippen molar-refractivity contribution in [1.29, 1.82) is 0 Å². The number of hydrogen-bond acceptors (Lipinski definition) is 2. The Morgan fingerprint density at radius 2 is 2.05 bits per heavy atom. The van der Waals surface area contributed by atoms with Crippen LogP contribution in [0, 0.1) is 17.7 Å². The van der Waals surface area contributed by atoms with Crippen LogP contribution in [0.5, 0.6) is 0 Å². The Hall–Kier alpha value is -0.450. The van der Waals surface area contributed by atoms with Crippen molar-refractivity contribution < 1.29 is 8.60 Å². The van der Waals surface area contributed by atoms with Gasteiger partial charge in [-0.15, -0.1) is 0 Å². The van der Waals surface area contributed by atoms with E-state index >= 15 is 0 Å². The summed E-state index contributed by atoms with van der Waals surface area (Å²) in [6, 6.07) is 4.17. The van der Waals surface area contributed by atoms with E-state index in [0.29, 0.717) is 16.7 Å². The van der Waals surface area contributed by atoms with Crippen molar-refractivity contribution in [2.45, 2.75) is 42.9 Å². The molecule has 0 radical (unpaired) electrons. The third kappa shape index (κ3) is 3.18. The molecule has 0 spiro atoms. The lowest BCUT2D eigenvalue weighted by molar-refractivity contribution is 0.275. The number of halogens is 2. The molecule has 2 nitrogen and oxygen atoms in total. The standard InChI is InChI=1S/C14H19ClFNOS/c1-8-5-9(2)14(13(17)6-8)19(18)10-3-4-12(16)11(15)7-10/h3-4,7-9,13-14H,5-6,17H2,1-2H3. The monoisotopic (exact) mass is 303 g/mol. The molecular weight excluding hydrogens is 285 g/mol. The van der Waals surface area contributed by atoms with Crippen molar-refractivity contribution in [3.63, 3.8) is 0 Å². The van der Waals surface area contributed by atoms with Gasteiger partial charge < -0.3 is 5.73 Å². The predicted molar refractivity (Wildman–Crippen MR) is 77.1 cm³/mol. The lowest BCUT2D eigenvalue weighted by atomic mass is 9.80. The smallest absolute Gasteiger partial charge is 0.141 e. The van der Waals surface area contributed by atoms with E-state index in [1.54, 1.807) is 0 Å². The van der Waals surface area contributed by atoms with Crippen LogP contribution in [0.25, 0.3) is 0 Å². The van der Waals surface area contributed by atoms with E-state index in [1.165, 1.54) is 18.2 Å². The van der Waals surface area contributed by atoms with Crippen LogP contribution in [0.2, 0.25) is 5.02 Å². The average molecular weight is 304 g/mol. The van der Waals surface area contributed by atoms with E-state index in [4.69, 9.17) is 17.3 Å². The van der Waals surface area contributed by atoms with E-state index in [1.807, 2.05) is 0 Å². The van der Waals surface area contributed by atoms with Gasteiger partial charge in [-0.3, -0.25) is 4.21 Å². The fourth-order valence-electron chi connectivity index (χ4n) is 3.01. The summed E-state index contributed by atoms with van der Waals surface area (Å²) in [5.74, 6) is 0.371. The Kier molecular flexibility index (Phi) is 4.64. The van der Waals surface area contributed by atoms with E-state index in [-0.39, 0.29) is 16.3 Å². The highest BCUT2D eigenvalue weighted by molar-refractivity contribution is 7.85. The maximum Gasteiger partial charge on any atom is 0.141 e. The van der Waals surface area contributed by atoms with Gasteiger partial charge in [0.2, 0.25) is 0 Å². The number of hydrogen-bond donors (Lipinski definition) is 1. The molecule has 1 aromatic carbocycles. The number of benzene rings is 1. The van der Waals surface area contributed by atoms with Crippen molar-refractivity contribution in [1.82, 2.24) is 0 Å². The largest absolute Gasteiger partial charge is 0.327 e. The van der Waals surface area contributed by atoms with Gasteiger partial charge in [0.1, 0.15) is 5.82 Å². The first kappa shape index (κ1) is 14.9. The Labute approximate surface area is 121 Å². The van der Waals surface area contributed by atoms with Gasteiger partial charge >= 0.3 is 0 Å². The Morgan fingerprint density at radius 1 is 1.37 bits per heavy atom. The van der Waals surface area contributed by atoms with E-state index in [9.17, 15) is 8.60 Å².